The van der Waals surface area contributed by atoms with E-state index in [1.807, 2.05) is 0 Å². The predicted octanol–water partition coefficient (Wildman–Crippen LogP) is 3.36. The van der Waals surface area contributed by atoms with Crippen molar-refractivity contribution >= 4 is 28.0 Å². The number of aryl methyl sites for hydroxylation is 1. The van der Waals surface area contributed by atoms with Crippen LogP contribution >= 0.6 is 0 Å². The summed E-state index contributed by atoms with van der Waals surface area (Å²) in [6.07, 6.45) is -2.08. The molecule has 1 atom stereocenters. The molecule has 3 aromatic rings. The standard InChI is InChI=1S/C17H13F2NO4/c1-3-23-17(22)13(19)14-8(2)6-11-15(21)10-7-9(18)4-5-12(10)24-16(11)20-14/h4-7,13H,3H2,1-2H3. The Labute approximate surface area is 134 Å². The number of carbonyl (C=O) groups is 1. The largest absolute Gasteiger partial charge is 0.464 e. The molecule has 0 fully saturated rings. The first-order valence-electron chi connectivity index (χ1n) is 7.26. The molecule has 7 heteroatoms. The molecular weight excluding hydrogens is 320 g/mol. The highest BCUT2D eigenvalue weighted by Gasteiger charge is 2.26. The summed E-state index contributed by atoms with van der Waals surface area (Å²) in [5.74, 6) is -1.63. The lowest BCUT2D eigenvalue weighted by Crippen LogP contribution is -2.15. The van der Waals surface area contributed by atoms with Crippen molar-refractivity contribution in [2.45, 2.75) is 20.0 Å². The lowest BCUT2D eigenvalue weighted by atomic mass is 10.1. The molecule has 0 amide bonds. The maximum Gasteiger partial charge on any atom is 0.347 e. The highest BCUT2D eigenvalue weighted by Crippen LogP contribution is 2.25. The number of alkyl halides is 1. The van der Waals surface area contributed by atoms with Crippen molar-refractivity contribution in [3.05, 3.63) is 51.6 Å². The third-order valence-electron chi connectivity index (χ3n) is 3.59. The summed E-state index contributed by atoms with van der Waals surface area (Å²) in [7, 11) is 0. The van der Waals surface area contributed by atoms with Crippen LogP contribution in [0.15, 0.2) is 33.5 Å². The second kappa shape index (κ2) is 5.99. The summed E-state index contributed by atoms with van der Waals surface area (Å²) >= 11 is 0. The van der Waals surface area contributed by atoms with Crippen molar-refractivity contribution in [2.75, 3.05) is 6.61 Å². The van der Waals surface area contributed by atoms with Crippen molar-refractivity contribution in [2.24, 2.45) is 0 Å². The molecule has 0 spiro atoms. The zero-order chi connectivity index (χ0) is 17.4. The third-order valence-corrected chi connectivity index (χ3v) is 3.59. The Bertz CT molecular complexity index is 1010. The number of ether oxygens (including phenoxy) is 1. The second-order valence-corrected chi connectivity index (χ2v) is 5.23. The second-order valence-electron chi connectivity index (χ2n) is 5.23. The van der Waals surface area contributed by atoms with Crippen molar-refractivity contribution in [1.29, 1.82) is 0 Å². The van der Waals surface area contributed by atoms with Crippen LogP contribution in [0.3, 0.4) is 0 Å². The van der Waals surface area contributed by atoms with Gasteiger partial charge in [0, 0.05) is 0 Å². The van der Waals surface area contributed by atoms with Crippen LogP contribution in [0, 0.1) is 12.7 Å². The number of fused-ring (bicyclic) bond motifs is 2. The molecule has 0 radical (unpaired) electrons. The number of hydrogen-bond acceptors (Lipinski definition) is 5. The molecule has 0 aliphatic rings. The summed E-state index contributed by atoms with van der Waals surface area (Å²) in [5, 5.41) is 0.157. The summed E-state index contributed by atoms with van der Waals surface area (Å²) in [4.78, 5) is 28.0. The van der Waals surface area contributed by atoms with E-state index in [1.54, 1.807) is 6.92 Å². The Balaban J connectivity index is 2.24. The van der Waals surface area contributed by atoms with E-state index < -0.39 is 23.4 Å². The van der Waals surface area contributed by atoms with Crippen LogP contribution < -0.4 is 5.43 Å². The van der Waals surface area contributed by atoms with E-state index in [0.29, 0.717) is 5.56 Å². The molecule has 2 aromatic heterocycles. The van der Waals surface area contributed by atoms with Crippen LogP contribution in [0.2, 0.25) is 0 Å². The highest BCUT2D eigenvalue weighted by atomic mass is 19.1. The number of nitrogens with zero attached hydrogens (tertiary/aromatic N) is 1. The minimum absolute atomic E-state index is 0.0389. The highest BCUT2D eigenvalue weighted by molar-refractivity contribution is 5.89. The average molecular weight is 333 g/mol. The van der Waals surface area contributed by atoms with E-state index in [9.17, 15) is 18.4 Å². The van der Waals surface area contributed by atoms with Gasteiger partial charge in [-0.2, -0.15) is 0 Å². The minimum atomic E-state index is -2.08. The van der Waals surface area contributed by atoms with Crippen molar-refractivity contribution < 1.29 is 22.7 Å². The predicted molar refractivity (Wildman–Crippen MR) is 83.0 cm³/mol. The van der Waals surface area contributed by atoms with Crippen molar-refractivity contribution in [1.82, 2.24) is 4.98 Å². The summed E-state index contributed by atoms with van der Waals surface area (Å²) in [6.45, 7) is 3.12. The van der Waals surface area contributed by atoms with Crippen LogP contribution in [0.1, 0.15) is 24.4 Å². The Kier molecular flexibility index (Phi) is 4.01. The normalized spacial score (nSPS) is 12.5. The van der Waals surface area contributed by atoms with E-state index in [2.05, 4.69) is 9.72 Å². The molecule has 0 N–H and O–H groups in total. The van der Waals surface area contributed by atoms with E-state index in [4.69, 9.17) is 4.42 Å². The van der Waals surface area contributed by atoms with Crippen LogP contribution in [0.4, 0.5) is 8.78 Å². The van der Waals surface area contributed by atoms with Crippen molar-refractivity contribution in [3.63, 3.8) is 0 Å². The molecule has 0 bridgehead atoms. The van der Waals surface area contributed by atoms with Crippen LogP contribution in [-0.4, -0.2) is 17.6 Å². The van der Waals surface area contributed by atoms with Gasteiger partial charge in [0.1, 0.15) is 11.4 Å². The Morgan fingerprint density at radius 3 is 2.79 bits per heavy atom. The molecule has 0 saturated carbocycles. The number of benzene rings is 1. The van der Waals surface area contributed by atoms with Gasteiger partial charge in [0.25, 0.3) is 0 Å². The van der Waals surface area contributed by atoms with E-state index in [0.717, 1.165) is 12.1 Å². The van der Waals surface area contributed by atoms with E-state index in [-0.39, 0.29) is 34.4 Å². The van der Waals surface area contributed by atoms with Gasteiger partial charge in [0.15, 0.2) is 0 Å². The molecule has 24 heavy (non-hydrogen) atoms. The maximum atomic E-state index is 14.3. The van der Waals surface area contributed by atoms with Crippen LogP contribution in [0.25, 0.3) is 22.1 Å². The lowest BCUT2D eigenvalue weighted by molar-refractivity contribution is -0.149. The summed E-state index contributed by atoms with van der Waals surface area (Å²) < 4.78 is 37.7. The molecule has 1 unspecified atom stereocenters. The maximum absolute atomic E-state index is 14.3. The first kappa shape index (κ1) is 16.0. The number of aromatic nitrogens is 1. The topological polar surface area (TPSA) is 69.4 Å². The minimum Gasteiger partial charge on any atom is -0.464 e. The molecule has 1 aromatic carbocycles. The SMILES string of the molecule is CCOC(=O)C(F)c1nc2oc3ccc(F)cc3c(=O)c2cc1C. The fourth-order valence-electron chi connectivity index (χ4n) is 2.45. The first-order valence-corrected chi connectivity index (χ1v) is 7.26. The molecule has 5 nitrogen and oxygen atoms in total. The third kappa shape index (κ3) is 2.62. The van der Waals surface area contributed by atoms with Gasteiger partial charge in [0.05, 0.1) is 23.1 Å². The zero-order valence-corrected chi connectivity index (χ0v) is 12.9. The fraction of sp³-hybridized carbons (Fsp3) is 0.235. The van der Waals surface area contributed by atoms with E-state index in [1.165, 1.54) is 19.1 Å². The smallest absolute Gasteiger partial charge is 0.347 e. The van der Waals surface area contributed by atoms with Gasteiger partial charge < -0.3 is 9.15 Å². The number of hydrogen-bond donors (Lipinski definition) is 0. The zero-order valence-electron chi connectivity index (χ0n) is 12.9. The first-order chi connectivity index (χ1) is 11.4. The molecule has 3 rings (SSSR count). The van der Waals surface area contributed by atoms with Gasteiger partial charge >= 0.3 is 5.97 Å². The monoisotopic (exact) mass is 333 g/mol. The summed E-state index contributed by atoms with van der Waals surface area (Å²) in [6, 6.07) is 4.88. The Morgan fingerprint density at radius 1 is 1.33 bits per heavy atom. The average Bonchev–Trinajstić information content (AvgIpc) is 2.55. The summed E-state index contributed by atoms with van der Waals surface area (Å²) in [5.41, 5.74) is -0.342. The fourth-order valence-corrected chi connectivity index (χ4v) is 2.45. The Hall–Kier alpha value is -2.83. The van der Waals surface area contributed by atoms with Crippen LogP contribution in [-0.2, 0) is 9.53 Å². The molecule has 0 aliphatic heterocycles. The van der Waals surface area contributed by atoms with Gasteiger partial charge in [-0.1, -0.05) is 0 Å². The molecule has 2 heterocycles. The number of pyridine rings is 1. The molecular formula is C17H13F2NO4. The van der Waals surface area contributed by atoms with Gasteiger partial charge in [-0.25, -0.2) is 18.6 Å². The lowest BCUT2D eigenvalue weighted by Gasteiger charge is -2.10. The number of carbonyl (C=O) groups excluding carboxylic acids is 1. The van der Waals surface area contributed by atoms with Gasteiger partial charge in [-0.05, 0) is 43.7 Å². The van der Waals surface area contributed by atoms with Gasteiger partial charge in [-0.15, -0.1) is 0 Å². The molecule has 124 valence electrons. The number of rotatable bonds is 3. The Morgan fingerprint density at radius 2 is 2.08 bits per heavy atom. The molecule has 0 aliphatic carbocycles. The number of esters is 1. The van der Waals surface area contributed by atoms with Crippen molar-refractivity contribution in [3.8, 4) is 0 Å². The number of halogens is 2. The van der Waals surface area contributed by atoms with E-state index >= 15 is 0 Å². The van der Waals surface area contributed by atoms with Gasteiger partial charge in [-0.3, -0.25) is 4.79 Å². The quantitative estimate of drug-likeness (QED) is 0.543. The molecule has 0 saturated heterocycles. The van der Waals surface area contributed by atoms with Gasteiger partial charge in [0.2, 0.25) is 17.3 Å². The van der Waals surface area contributed by atoms with Crippen LogP contribution in [0.5, 0.6) is 0 Å².